The number of para-hydroxylation sites is 2. The van der Waals surface area contributed by atoms with E-state index < -0.39 is 28.8 Å². The molecule has 0 bridgehead atoms. The molecule has 1 aromatic heterocycles. The molecule has 11 heteroatoms. The number of carbonyl (C=O) groups excluding carboxylic acids is 3. The molecule has 3 N–H and O–H groups in total. The van der Waals surface area contributed by atoms with E-state index in [1.165, 1.54) is 24.3 Å². The zero-order chi connectivity index (χ0) is 19.4. The summed E-state index contributed by atoms with van der Waals surface area (Å²) >= 11 is 5.72. The van der Waals surface area contributed by atoms with Gasteiger partial charge in [-0.1, -0.05) is 24.4 Å². The van der Waals surface area contributed by atoms with E-state index in [4.69, 9.17) is 18.0 Å². The fraction of sp³-hybridized carbons (Fsp3) is 0.133. The molecule has 0 spiro atoms. The minimum absolute atomic E-state index is 0.0256. The number of Topliss-reactive ketones (excluding diaryl/α,β-unsaturated/α-hetero) is 2. The van der Waals surface area contributed by atoms with Crippen LogP contribution in [0.15, 0.2) is 24.3 Å². The van der Waals surface area contributed by atoms with Gasteiger partial charge in [0.05, 0.1) is 21.9 Å². The van der Waals surface area contributed by atoms with Crippen molar-refractivity contribution in [3.8, 4) is 0 Å². The predicted octanol–water partition coefficient (Wildman–Crippen LogP) is 1.77. The Morgan fingerprint density at radius 1 is 1.35 bits per heavy atom. The Kier molecular flexibility index (Phi) is 5.85. The maximum atomic E-state index is 12.2. The van der Waals surface area contributed by atoms with Crippen LogP contribution >= 0.6 is 23.6 Å². The first-order chi connectivity index (χ1) is 12.2. The number of nitrogens with two attached hydrogens (primary N) is 1. The Balaban J connectivity index is 2.10. The Morgan fingerprint density at radius 2 is 2.00 bits per heavy atom. The minimum Gasteiger partial charge on any atom is -0.387 e. The molecule has 0 saturated carbocycles. The summed E-state index contributed by atoms with van der Waals surface area (Å²) in [7, 11) is 0. The van der Waals surface area contributed by atoms with Crippen LogP contribution in [0.3, 0.4) is 0 Å². The van der Waals surface area contributed by atoms with Gasteiger partial charge in [-0.3, -0.25) is 24.5 Å². The number of thiazole rings is 1. The molecule has 0 aliphatic carbocycles. The number of thiocarbonyl (C=S) groups is 1. The Hall–Kier alpha value is -3.05. The van der Waals surface area contributed by atoms with Gasteiger partial charge in [0.15, 0.2) is 10.8 Å². The van der Waals surface area contributed by atoms with Crippen molar-refractivity contribution in [3.05, 3.63) is 50.0 Å². The van der Waals surface area contributed by atoms with Crippen LogP contribution in [-0.2, 0) is 9.59 Å². The molecular weight excluding hydrogens is 380 g/mol. The Morgan fingerprint density at radius 3 is 2.58 bits per heavy atom. The minimum atomic E-state index is -1.12. The zero-order valence-electron chi connectivity index (χ0n) is 13.3. The van der Waals surface area contributed by atoms with Gasteiger partial charge in [0.1, 0.15) is 10.7 Å². The number of nitrogens with one attached hydrogen (secondary N) is 1. The van der Waals surface area contributed by atoms with Crippen molar-refractivity contribution in [2.24, 2.45) is 5.73 Å². The summed E-state index contributed by atoms with van der Waals surface area (Å²) in [6, 6.07) is 5.36. The van der Waals surface area contributed by atoms with Gasteiger partial charge in [0, 0.05) is 6.07 Å². The first-order valence-corrected chi connectivity index (χ1v) is 8.31. The van der Waals surface area contributed by atoms with Gasteiger partial charge in [-0.05, 0) is 13.0 Å². The highest BCUT2D eigenvalue weighted by Gasteiger charge is 2.24. The topological polar surface area (TPSA) is 145 Å². The van der Waals surface area contributed by atoms with E-state index in [9.17, 15) is 24.5 Å². The monoisotopic (exact) mass is 392 g/mol. The number of nitrogens with zero attached hydrogens (tertiary/aromatic N) is 2. The van der Waals surface area contributed by atoms with Crippen LogP contribution in [0.1, 0.15) is 26.8 Å². The Labute approximate surface area is 156 Å². The number of ketones is 2. The van der Waals surface area contributed by atoms with Crippen LogP contribution in [0.2, 0.25) is 0 Å². The number of benzene rings is 1. The number of anilines is 1. The van der Waals surface area contributed by atoms with Gasteiger partial charge >= 0.3 is 0 Å². The number of aromatic nitrogens is 1. The Bertz CT molecular complexity index is 938. The second-order valence-electron chi connectivity index (χ2n) is 5.05. The van der Waals surface area contributed by atoms with Crippen LogP contribution in [0.5, 0.6) is 0 Å². The number of rotatable bonds is 7. The van der Waals surface area contributed by atoms with Crippen molar-refractivity contribution < 1.29 is 19.3 Å². The average Bonchev–Trinajstić information content (AvgIpc) is 2.97. The molecule has 0 radical (unpaired) electrons. The zero-order valence-corrected chi connectivity index (χ0v) is 15.0. The lowest BCUT2D eigenvalue weighted by Gasteiger charge is -2.04. The smallest absolute Gasteiger partial charge is 0.292 e. The van der Waals surface area contributed by atoms with Gasteiger partial charge in [-0.25, -0.2) is 4.98 Å². The SMILES string of the molecule is Cc1nc(C(N)=S)sc1C(=O)CC(=O)C(=O)Nc1ccccc1[N+](=O)[O-]. The molecule has 0 aliphatic heterocycles. The number of nitro benzene ring substituents is 1. The molecule has 9 nitrogen and oxygen atoms in total. The van der Waals surface area contributed by atoms with Gasteiger partial charge in [-0.15, -0.1) is 11.3 Å². The largest absolute Gasteiger partial charge is 0.387 e. The second kappa shape index (κ2) is 7.89. The summed E-state index contributed by atoms with van der Waals surface area (Å²) in [5.41, 5.74) is 5.32. The van der Waals surface area contributed by atoms with Crippen LogP contribution in [0.25, 0.3) is 0 Å². The lowest BCUT2D eigenvalue weighted by atomic mass is 10.1. The third kappa shape index (κ3) is 4.32. The number of aryl methyl sites for hydroxylation is 1. The highest BCUT2D eigenvalue weighted by atomic mass is 32.1. The van der Waals surface area contributed by atoms with Gasteiger partial charge in [-0.2, -0.15) is 0 Å². The molecule has 2 aromatic rings. The lowest BCUT2D eigenvalue weighted by Crippen LogP contribution is -2.25. The number of nitro groups is 1. The normalized spacial score (nSPS) is 10.2. The number of carbonyl (C=O) groups is 3. The fourth-order valence-corrected chi connectivity index (χ4v) is 3.02. The summed E-state index contributed by atoms with van der Waals surface area (Å²) < 4.78 is 0. The first-order valence-electron chi connectivity index (χ1n) is 7.08. The quantitative estimate of drug-likeness (QED) is 0.181. The average molecular weight is 392 g/mol. The summed E-state index contributed by atoms with van der Waals surface area (Å²) in [4.78, 5) is 50.6. The number of hydrogen-bond donors (Lipinski definition) is 2. The van der Waals surface area contributed by atoms with E-state index in [2.05, 4.69) is 10.3 Å². The third-order valence-corrected chi connectivity index (χ3v) is 4.74. The molecule has 0 atom stereocenters. The molecule has 0 saturated heterocycles. The van der Waals surface area contributed by atoms with Crippen LogP contribution in [0.4, 0.5) is 11.4 Å². The molecule has 1 heterocycles. The van der Waals surface area contributed by atoms with Crippen molar-refractivity contribution in [2.75, 3.05) is 5.32 Å². The maximum absolute atomic E-state index is 12.2. The van der Waals surface area contributed by atoms with Crippen molar-refractivity contribution in [3.63, 3.8) is 0 Å². The fourth-order valence-electron chi connectivity index (χ4n) is 2.00. The molecule has 134 valence electrons. The van der Waals surface area contributed by atoms with Crippen LogP contribution in [-0.4, -0.2) is 32.4 Å². The number of amides is 1. The molecule has 0 aliphatic rings. The molecule has 1 amide bonds. The van der Waals surface area contributed by atoms with Gasteiger partial charge in [0.2, 0.25) is 5.78 Å². The summed E-state index contributed by atoms with van der Waals surface area (Å²) in [6.45, 7) is 1.56. The van der Waals surface area contributed by atoms with Gasteiger partial charge in [0.25, 0.3) is 11.6 Å². The highest BCUT2D eigenvalue weighted by molar-refractivity contribution is 7.81. The molecule has 1 aromatic carbocycles. The van der Waals surface area contributed by atoms with Crippen molar-refractivity contribution in [1.29, 1.82) is 0 Å². The molecule has 0 fully saturated rings. The first kappa shape index (κ1) is 19.3. The summed E-state index contributed by atoms with van der Waals surface area (Å²) in [6.07, 6.45) is -0.702. The standard InChI is InChI=1S/C15H12N4O5S2/c1-7-12(26-15(17-7)13(16)25)10(20)6-11(21)14(22)18-8-4-2-3-5-9(8)19(23)24/h2-5H,6H2,1H3,(H2,16,25)(H,18,22). The summed E-state index contributed by atoms with van der Waals surface area (Å²) in [5.74, 6) is -2.76. The number of hydrogen-bond acceptors (Lipinski definition) is 8. The van der Waals surface area contributed by atoms with E-state index >= 15 is 0 Å². The van der Waals surface area contributed by atoms with E-state index in [-0.39, 0.29) is 26.2 Å². The molecular formula is C15H12N4O5S2. The van der Waals surface area contributed by atoms with Crippen molar-refractivity contribution >= 4 is 57.4 Å². The molecule has 2 rings (SSSR count). The van der Waals surface area contributed by atoms with Crippen LogP contribution in [0, 0.1) is 17.0 Å². The predicted molar refractivity (Wildman–Crippen MR) is 98.4 cm³/mol. The van der Waals surface area contributed by atoms with E-state index in [0.717, 1.165) is 11.3 Å². The summed E-state index contributed by atoms with van der Waals surface area (Å²) in [5, 5.41) is 13.4. The van der Waals surface area contributed by atoms with Crippen molar-refractivity contribution in [2.45, 2.75) is 13.3 Å². The maximum Gasteiger partial charge on any atom is 0.292 e. The molecule has 26 heavy (non-hydrogen) atoms. The second-order valence-corrected chi connectivity index (χ2v) is 6.49. The highest BCUT2D eigenvalue weighted by Crippen LogP contribution is 2.23. The third-order valence-electron chi connectivity index (χ3n) is 3.18. The van der Waals surface area contributed by atoms with E-state index in [1.54, 1.807) is 6.92 Å². The lowest BCUT2D eigenvalue weighted by molar-refractivity contribution is -0.383. The van der Waals surface area contributed by atoms with Crippen LogP contribution < -0.4 is 11.1 Å². The van der Waals surface area contributed by atoms with E-state index in [1.807, 2.05) is 0 Å². The molecule has 0 unspecified atom stereocenters. The van der Waals surface area contributed by atoms with E-state index in [0.29, 0.717) is 5.69 Å². The van der Waals surface area contributed by atoms with Gasteiger partial charge < -0.3 is 11.1 Å². The van der Waals surface area contributed by atoms with Crippen molar-refractivity contribution in [1.82, 2.24) is 4.98 Å².